The summed E-state index contributed by atoms with van der Waals surface area (Å²) in [5, 5.41) is 7.05. The fourth-order valence-corrected chi connectivity index (χ4v) is 2.70. The molecular weight excluding hydrogens is 252 g/mol. The molecule has 2 nitrogen and oxygen atoms in total. The van der Waals surface area contributed by atoms with Crippen LogP contribution >= 0.6 is 12.2 Å². The van der Waals surface area contributed by atoms with Crippen LogP contribution in [0.4, 0.5) is 11.4 Å². The summed E-state index contributed by atoms with van der Waals surface area (Å²) in [6.45, 7) is 0. The van der Waals surface area contributed by atoms with Crippen molar-refractivity contribution in [2.24, 2.45) is 0 Å². The van der Waals surface area contributed by atoms with Gasteiger partial charge in [0.1, 0.15) is 0 Å². The van der Waals surface area contributed by atoms with Gasteiger partial charge in [-0.15, -0.1) is 0 Å². The maximum atomic E-state index is 5.32. The van der Waals surface area contributed by atoms with Crippen LogP contribution in [0.5, 0.6) is 0 Å². The maximum Gasteiger partial charge on any atom is 0.175 e. The predicted octanol–water partition coefficient (Wildman–Crippen LogP) is 3.98. The Labute approximate surface area is 118 Å². The van der Waals surface area contributed by atoms with Crippen molar-refractivity contribution in [1.82, 2.24) is 0 Å². The third-order valence-corrected chi connectivity index (χ3v) is 3.59. The summed E-state index contributed by atoms with van der Waals surface area (Å²) in [5.41, 5.74) is 5.00. The smallest absolute Gasteiger partial charge is 0.175 e. The molecule has 2 N–H and O–H groups in total. The highest BCUT2D eigenvalue weighted by atomic mass is 32.1. The van der Waals surface area contributed by atoms with Crippen molar-refractivity contribution >= 4 is 28.7 Å². The van der Waals surface area contributed by atoms with Crippen LogP contribution in [-0.2, 0) is 12.8 Å². The lowest BCUT2D eigenvalue weighted by molar-refractivity contribution is 0.912. The van der Waals surface area contributed by atoms with Crippen molar-refractivity contribution in [3.8, 4) is 0 Å². The molecule has 2 aromatic carbocycles. The minimum absolute atomic E-state index is 0.629. The first-order valence-corrected chi connectivity index (χ1v) is 6.97. The molecule has 3 rings (SSSR count). The fourth-order valence-electron chi connectivity index (χ4n) is 2.46. The summed E-state index contributed by atoms with van der Waals surface area (Å²) < 4.78 is 0. The molecule has 0 aliphatic heterocycles. The molecule has 0 spiro atoms. The highest BCUT2D eigenvalue weighted by molar-refractivity contribution is 7.80. The van der Waals surface area contributed by atoms with Crippen LogP contribution in [0.15, 0.2) is 48.5 Å². The summed E-state index contributed by atoms with van der Waals surface area (Å²) in [6.07, 6.45) is 3.66. The van der Waals surface area contributed by atoms with E-state index < -0.39 is 0 Å². The van der Waals surface area contributed by atoms with Crippen molar-refractivity contribution in [1.29, 1.82) is 0 Å². The summed E-state index contributed by atoms with van der Waals surface area (Å²) in [5.74, 6) is 0. The number of rotatable bonds is 2. The molecule has 96 valence electrons. The molecule has 0 unspecified atom stereocenters. The zero-order valence-corrected chi connectivity index (χ0v) is 11.5. The van der Waals surface area contributed by atoms with Gasteiger partial charge < -0.3 is 10.6 Å². The molecule has 0 saturated heterocycles. The molecular formula is C16H16N2S. The first-order valence-electron chi connectivity index (χ1n) is 6.56. The molecule has 2 aromatic rings. The normalized spacial score (nSPS) is 12.8. The van der Waals surface area contributed by atoms with Crippen LogP contribution in [0.25, 0.3) is 0 Å². The molecule has 1 aliphatic carbocycles. The number of hydrogen-bond donors (Lipinski definition) is 2. The second-order valence-corrected chi connectivity index (χ2v) is 5.19. The SMILES string of the molecule is S=C(Nc1ccccc1)Nc1ccc2c(c1)CCC2. The maximum absolute atomic E-state index is 5.32. The van der Waals surface area contributed by atoms with E-state index in [1.165, 1.54) is 30.4 Å². The number of nitrogens with one attached hydrogen (secondary N) is 2. The number of benzene rings is 2. The molecule has 0 amide bonds. The molecule has 0 saturated carbocycles. The van der Waals surface area contributed by atoms with Crippen molar-refractivity contribution in [2.75, 3.05) is 10.6 Å². The van der Waals surface area contributed by atoms with Gasteiger partial charge >= 0.3 is 0 Å². The van der Waals surface area contributed by atoms with Gasteiger partial charge in [-0.3, -0.25) is 0 Å². The second-order valence-electron chi connectivity index (χ2n) is 4.78. The number of para-hydroxylation sites is 1. The third kappa shape index (κ3) is 2.93. The highest BCUT2D eigenvalue weighted by Crippen LogP contribution is 2.24. The second kappa shape index (κ2) is 5.41. The number of hydrogen-bond acceptors (Lipinski definition) is 1. The Morgan fingerprint density at radius 3 is 2.42 bits per heavy atom. The quantitative estimate of drug-likeness (QED) is 0.805. The topological polar surface area (TPSA) is 24.1 Å². The van der Waals surface area contributed by atoms with Crippen LogP contribution in [0, 0.1) is 0 Å². The molecule has 3 heteroatoms. The van der Waals surface area contributed by atoms with Gasteiger partial charge in [0.15, 0.2) is 5.11 Å². The number of anilines is 2. The van der Waals surface area contributed by atoms with Gasteiger partial charge in [0, 0.05) is 11.4 Å². The van der Waals surface area contributed by atoms with E-state index in [9.17, 15) is 0 Å². The lowest BCUT2D eigenvalue weighted by Gasteiger charge is -2.11. The fraction of sp³-hybridized carbons (Fsp3) is 0.188. The Hall–Kier alpha value is -1.87. The lowest BCUT2D eigenvalue weighted by Crippen LogP contribution is -2.19. The largest absolute Gasteiger partial charge is 0.332 e. The highest BCUT2D eigenvalue weighted by Gasteiger charge is 2.10. The van der Waals surface area contributed by atoms with Crippen molar-refractivity contribution < 1.29 is 0 Å². The summed E-state index contributed by atoms with van der Waals surface area (Å²) >= 11 is 5.32. The lowest BCUT2D eigenvalue weighted by atomic mass is 10.1. The van der Waals surface area contributed by atoms with Crippen molar-refractivity contribution in [3.05, 3.63) is 59.7 Å². The molecule has 1 aliphatic rings. The van der Waals surface area contributed by atoms with Gasteiger partial charge in [0.25, 0.3) is 0 Å². The Balaban J connectivity index is 1.66. The Morgan fingerprint density at radius 1 is 0.842 bits per heavy atom. The molecule has 0 atom stereocenters. The molecule has 0 bridgehead atoms. The van der Waals surface area contributed by atoms with Crippen LogP contribution in [0.1, 0.15) is 17.5 Å². The van der Waals surface area contributed by atoms with E-state index in [4.69, 9.17) is 12.2 Å². The van der Waals surface area contributed by atoms with E-state index in [0.717, 1.165) is 11.4 Å². The van der Waals surface area contributed by atoms with Gasteiger partial charge in [0.2, 0.25) is 0 Å². The van der Waals surface area contributed by atoms with Gasteiger partial charge in [-0.05, 0) is 66.9 Å². The summed E-state index contributed by atoms with van der Waals surface area (Å²) in [6, 6.07) is 16.5. The van der Waals surface area contributed by atoms with Crippen LogP contribution in [0.3, 0.4) is 0 Å². The molecule has 0 aromatic heterocycles. The van der Waals surface area contributed by atoms with Crippen LogP contribution in [0.2, 0.25) is 0 Å². The average Bonchev–Trinajstić information content (AvgIpc) is 2.87. The zero-order valence-electron chi connectivity index (χ0n) is 10.6. The van der Waals surface area contributed by atoms with E-state index in [0.29, 0.717) is 5.11 Å². The van der Waals surface area contributed by atoms with Crippen LogP contribution in [-0.4, -0.2) is 5.11 Å². The first kappa shape index (κ1) is 12.2. The van der Waals surface area contributed by atoms with E-state index in [1.807, 2.05) is 30.3 Å². The van der Waals surface area contributed by atoms with E-state index in [-0.39, 0.29) is 0 Å². The standard InChI is InChI=1S/C16H16N2S/c19-16(17-14-7-2-1-3-8-14)18-15-10-9-12-5-4-6-13(12)11-15/h1-3,7-11H,4-6H2,(H2,17,18,19). The van der Waals surface area contributed by atoms with Crippen LogP contribution < -0.4 is 10.6 Å². The Kier molecular flexibility index (Phi) is 3.47. The van der Waals surface area contributed by atoms with Crippen molar-refractivity contribution in [3.63, 3.8) is 0 Å². The first-order chi connectivity index (χ1) is 9.31. The Bertz CT molecular complexity index is 593. The number of aryl methyl sites for hydroxylation is 2. The van der Waals surface area contributed by atoms with E-state index in [2.05, 4.69) is 28.8 Å². The molecule has 0 radical (unpaired) electrons. The molecule has 0 fully saturated rings. The minimum atomic E-state index is 0.629. The zero-order chi connectivity index (χ0) is 13.1. The molecule has 19 heavy (non-hydrogen) atoms. The molecule has 0 heterocycles. The van der Waals surface area contributed by atoms with Crippen molar-refractivity contribution in [2.45, 2.75) is 19.3 Å². The van der Waals surface area contributed by atoms with Gasteiger partial charge in [-0.1, -0.05) is 24.3 Å². The third-order valence-electron chi connectivity index (χ3n) is 3.39. The predicted molar refractivity (Wildman–Crippen MR) is 84.8 cm³/mol. The number of fused-ring (bicyclic) bond motifs is 1. The van der Waals surface area contributed by atoms with E-state index in [1.54, 1.807) is 0 Å². The van der Waals surface area contributed by atoms with Gasteiger partial charge in [0.05, 0.1) is 0 Å². The Morgan fingerprint density at radius 2 is 1.58 bits per heavy atom. The van der Waals surface area contributed by atoms with Gasteiger partial charge in [-0.25, -0.2) is 0 Å². The minimum Gasteiger partial charge on any atom is -0.332 e. The number of thiocarbonyl (C=S) groups is 1. The summed E-state index contributed by atoms with van der Waals surface area (Å²) in [4.78, 5) is 0. The van der Waals surface area contributed by atoms with E-state index >= 15 is 0 Å². The average molecular weight is 268 g/mol. The monoisotopic (exact) mass is 268 g/mol. The van der Waals surface area contributed by atoms with Gasteiger partial charge in [-0.2, -0.15) is 0 Å². The summed E-state index contributed by atoms with van der Waals surface area (Å²) in [7, 11) is 0.